The average Bonchev–Trinajstić information content (AvgIpc) is 2.08. The van der Waals surface area contributed by atoms with E-state index in [1.54, 1.807) is 6.92 Å². The maximum absolute atomic E-state index is 10.6. The molecule has 0 radical (unpaired) electrons. The van der Waals surface area contributed by atoms with Gasteiger partial charge in [0.05, 0.1) is 0 Å². The van der Waals surface area contributed by atoms with Gasteiger partial charge in [-0.3, -0.25) is 4.79 Å². The summed E-state index contributed by atoms with van der Waals surface area (Å²) in [5, 5.41) is 3.13. The molecule has 0 aliphatic carbocycles. The molecule has 3 nitrogen and oxygen atoms in total. The van der Waals surface area contributed by atoms with Crippen molar-refractivity contribution in [2.75, 3.05) is 17.6 Å². The molecule has 0 bridgehead atoms. The first-order valence-corrected chi connectivity index (χ1v) is 4.27. The van der Waals surface area contributed by atoms with Crippen molar-refractivity contribution in [1.29, 1.82) is 0 Å². The first-order valence-electron chi connectivity index (χ1n) is 4.27. The predicted molar refractivity (Wildman–Crippen MR) is 54.6 cm³/mol. The second-order valence-corrected chi connectivity index (χ2v) is 3.00. The molecule has 3 heteroatoms. The molecule has 3 N–H and O–H groups in total. The van der Waals surface area contributed by atoms with Crippen molar-refractivity contribution in [2.24, 2.45) is 0 Å². The van der Waals surface area contributed by atoms with Gasteiger partial charge >= 0.3 is 0 Å². The van der Waals surface area contributed by atoms with E-state index in [9.17, 15) is 4.79 Å². The van der Waals surface area contributed by atoms with Gasteiger partial charge in [-0.25, -0.2) is 0 Å². The Labute approximate surface area is 77.9 Å². The summed E-state index contributed by atoms with van der Waals surface area (Å²) < 4.78 is 0. The molecular weight excluding hydrogens is 164 g/mol. The molecule has 0 aliphatic rings. The van der Waals surface area contributed by atoms with E-state index in [0.29, 0.717) is 13.0 Å². The van der Waals surface area contributed by atoms with Gasteiger partial charge in [-0.05, 0) is 31.2 Å². The van der Waals surface area contributed by atoms with Gasteiger partial charge < -0.3 is 11.1 Å². The molecule has 0 atom stereocenters. The molecule has 0 spiro atoms. The number of Topliss-reactive ketones (excluding diaryl/α,β-unsaturated/α-hetero) is 1. The molecule has 1 rings (SSSR count). The lowest BCUT2D eigenvalue weighted by molar-refractivity contribution is -0.116. The second-order valence-electron chi connectivity index (χ2n) is 3.00. The summed E-state index contributed by atoms with van der Waals surface area (Å²) in [7, 11) is 0. The lowest BCUT2D eigenvalue weighted by Crippen LogP contribution is -2.05. The fourth-order valence-electron chi connectivity index (χ4n) is 0.984. The van der Waals surface area contributed by atoms with Crippen molar-refractivity contribution in [2.45, 2.75) is 13.3 Å². The Hall–Kier alpha value is -1.51. The number of benzene rings is 1. The zero-order valence-corrected chi connectivity index (χ0v) is 7.71. The Bertz CT molecular complexity index is 279. The van der Waals surface area contributed by atoms with Crippen LogP contribution in [0.2, 0.25) is 0 Å². The van der Waals surface area contributed by atoms with Crippen LogP contribution in [-0.2, 0) is 4.79 Å². The molecule has 0 fully saturated rings. The minimum atomic E-state index is 0.197. The van der Waals surface area contributed by atoms with Gasteiger partial charge in [-0.2, -0.15) is 0 Å². The first-order chi connectivity index (χ1) is 6.18. The Morgan fingerprint density at radius 3 is 2.54 bits per heavy atom. The highest BCUT2D eigenvalue weighted by Crippen LogP contribution is 2.09. The van der Waals surface area contributed by atoms with Crippen LogP contribution in [0.4, 0.5) is 11.4 Å². The monoisotopic (exact) mass is 178 g/mol. The largest absolute Gasteiger partial charge is 0.399 e. The highest BCUT2D eigenvalue weighted by atomic mass is 16.1. The van der Waals surface area contributed by atoms with Crippen LogP contribution in [0.1, 0.15) is 13.3 Å². The fraction of sp³-hybridized carbons (Fsp3) is 0.300. The van der Waals surface area contributed by atoms with Gasteiger partial charge in [0.2, 0.25) is 0 Å². The number of carbonyl (C=O) groups is 1. The van der Waals surface area contributed by atoms with E-state index in [1.807, 2.05) is 24.3 Å². The number of carbonyl (C=O) groups excluding carboxylic acids is 1. The summed E-state index contributed by atoms with van der Waals surface area (Å²) >= 11 is 0. The summed E-state index contributed by atoms with van der Waals surface area (Å²) in [6.07, 6.45) is 0.560. The van der Waals surface area contributed by atoms with Crippen molar-refractivity contribution >= 4 is 17.2 Å². The highest BCUT2D eigenvalue weighted by molar-refractivity contribution is 5.76. The van der Waals surface area contributed by atoms with Gasteiger partial charge in [-0.15, -0.1) is 0 Å². The number of nitrogens with one attached hydrogen (secondary N) is 1. The van der Waals surface area contributed by atoms with Crippen molar-refractivity contribution in [3.8, 4) is 0 Å². The predicted octanol–water partition coefficient (Wildman–Crippen LogP) is 1.66. The lowest BCUT2D eigenvalue weighted by atomic mass is 10.2. The van der Waals surface area contributed by atoms with Crippen LogP contribution in [0.5, 0.6) is 0 Å². The summed E-state index contributed by atoms with van der Waals surface area (Å²) in [6, 6.07) is 7.46. The SMILES string of the molecule is CC(=O)CCNc1ccc(N)cc1. The second kappa shape index (κ2) is 4.50. The number of nitrogen functional groups attached to an aromatic ring is 1. The molecular formula is C10H14N2O. The van der Waals surface area contributed by atoms with E-state index < -0.39 is 0 Å². The molecule has 0 amide bonds. The minimum absolute atomic E-state index is 0.197. The van der Waals surface area contributed by atoms with Crippen LogP contribution in [0, 0.1) is 0 Å². The Morgan fingerprint density at radius 2 is 2.00 bits per heavy atom. The van der Waals surface area contributed by atoms with Crippen molar-refractivity contribution in [3.05, 3.63) is 24.3 Å². The molecule has 1 aromatic carbocycles. The van der Waals surface area contributed by atoms with Crippen LogP contribution < -0.4 is 11.1 Å². The average molecular weight is 178 g/mol. The number of rotatable bonds is 4. The molecule has 0 aromatic heterocycles. The highest BCUT2D eigenvalue weighted by Gasteiger charge is 1.93. The summed E-state index contributed by atoms with van der Waals surface area (Å²) in [5.74, 6) is 0.197. The third-order valence-electron chi connectivity index (χ3n) is 1.72. The maximum atomic E-state index is 10.6. The number of anilines is 2. The number of hydrogen-bond acceptors (Lipinski definition) is 3. The molecule has 1 aromatic rings. The van der Waals surface area contributed by atoms with Gasteiger partial charge in [0, 0.05) is 24.3 Å². The van der Waals surface area contributed by atoms with E-state index in [-0.39, 0.29) is 5.78 Å². The first kappa shape index (κ1) is 9.58. The molecule has 0 unspecified atom stereocenters. The lowest BCUT2D eigenvalue weighted by Gasteiger charge is -2.04. The molecule has 0 saturated heterocycles. The van der Waals surface area contributed by atoms with Crippen LogP contribution in [-0.4, -0.2) is 12.3 Å². The van der Waals surface area contributed by atoms with Gasteiger partial charge in [0.15, 0.2) is 0 Å². The van der Waals surface area contributed by atoms with E-state index >= 15 is 0 Å². The Morgan fingerprint density at radius 1 is 1.38 bits per heavy atom. The third kappa shape index (κ3) is 3.60. The number of ketones is 1. The van der Waals surface area contributed by atoms with E-state index in [2.05, 4.69) is 5.32 Å². The molecule has 70 valence electrons. The summed E-state index contributed by atoms with van der Waals surface area (Å²) in [5.41, 5.74) is 7.26. The van der Waals surface area contributed by atoms with Crippen LogP contribution >= 0.6 is 0 Å². The molecule has 0 aliphatic heterocycles. The van der Waals surface area contributed by atoms with E-state index in [0.717, 1.165) is 11.4 Å². The molecule has 13 heavy (non-hydrogen) atoms. The van der Waals surface area contributed by atoms with Crippen LogP contribution in [0.3, 0.4) is 0 Å². The smallest absolute Gasteiger partial charge is 0.131 e. The third-order valence-corrected chi connectivity index (χ3v) is 1.72. The van der Waals surface area contributed by atoms with Crippen LogP contribution in [0.25, 0.3) is 0 Å². The number of hydrogen-bond donors (Lipinski definition) is 2. The Kier molecular flexibility index (Phi) is 3.31. The van der Waals surface area contributed by atoms with Gasteiger partial charge in [-0.1, -0.05) is 0 Å². The zero-order chi connectivity index (χ0) is 9.68. The summed E-state index contributed by atoms with van der Waals surface area (Å²) in [4.78, 5) is 10.6. The van der Waals surface area contributed by atoms with Gasteiger partial charge in [0.1, 0.15) is 5.78 Å². The van der Waals surface area contributed by atoms with Gasteiger partial charge in [0.25, 0.3) is 0 Å². The van der Waals surface area contributed by atoms with E-state index in [1.165, 1.54) is 0 Å². The van der Waals surface area contributed by atoms with Crippen molar-refractivity contribution in [3.63, 3.8) is 0 Å². The Balaban J connectivity index is 2.37. The summed E-state index contributed by atoms with van der Waals surface area (Å²) in [6.45, 7) is 2.27. The van der Waals surface area contributed by atoms with Crippen molar-refractivity contribution in [1.82, 2.24) is 0 Å². The van der Waals surface area contributed by atoms with E-state index in [4.69, 9.17) is 5.73 Å². The number of nitrogens with two attached hydrogens (primary N) is 1. The fourth-order valence-corrected chi connectivity index (χ4v) is 0.984. The topological polar surface area (TPSA) is 55.1 Å². The van der Waals surface area contributed by atoms with Crippen LogP contribution in [0.15, 0.2) is 24.3 Å². The van der Waals surface area contributed by atoms with Crippen molar-refractivity contribution < 1.29 is 4.79 Å². The molecule has 0 saturated carbocycles. The maximum Gasteiger partial charge on any atom is 0.131 e. The normalized spacial score (nSPS) is 9.62. The minimum Gasteiger partial charge on any atom is -0.399 e. The standard InChI is InChI=1S/C10H14N2O/c1-8(13)6-7-12-10-4-2-9(11)3-5-10/h2-5,12H,6-7,11H2,1H3. The molecule has 0 heterocycles. The quantitative estimate of drug-likeness (QED) is 0.689. The zero-order valence-electron chi connectivity index (χ0n) is 7.71.